The average molecular weight is 555 g/mol. The number of nitrogens with one attached hydrogen (secondary N) is 2. The Labute approximate surface area is 205 Å². The van der Waals surface area contributed by atoms with Crippen molar-refractivity contribution in [3.8, 4) is 0 Å². The molecule has 1 amide bonds. The van der Waals surface area contributed by atoms with Crippen molar-refractivity contribution >= 4 is 36.0 Å². The fourth-order valence-corrected chi connectivity index (χ4v) is 4.08. The van der Waals surface area contributed by atoms with Crippen LogP contribution in [0.1, 0.15) is 41.5 Å². The van der Waals surface area contributed by atoms with Crippen LogP contribution in [0.2, 0.25) is 0 Å². The zero-order valence-electron chi connectivity index (χ0n) is 20.7. The summed E-state index contributed by atoms with van der Waals surface area (Å²) in [5, 5.41) is 6.80. The predicted molar refractivity (Wildman–Crippen MR) is 135 cm³/mol. The molecule has 0 bridgehead atoms. The van der Waals surface area contributed by atoms with E-state index in [2.05, 4.69) is 39.5 Å². The van der Waals surface area contributed by atoms with Gasteiger partial charge in [0.05, 0.1) is 12.1 Å². The number of hydrogen-bond donors (Lipinski definition) is 2. The second-order valence-corrected chi connectivity index (χ2v) is 9.92. The third kappa shape index (κ3) is 7.90. The van der Waals surface area contributed by atoms with Crippen molar-refractivity contribution < 1.29 is 14.3 Å². The van der Waals surface area contributed by atoms with Gasteiger partial charge in [-0.1, -0.05) is 0 Å². The number of likely N-dealkylation sites (N-methyl/N-ethyl adjacent to an activating group) is 2. The van der Waals surface area contributed by atoms with Crippen LogP contribution in [-0.4, -0.2) is 110 Å². The first kappa shape index (κ1) is 28.2. The summed E-state index contributed by atoms with van der Waals surface area (Å²) in [5.41, 5.74) is -1.30. The van der Waals surface area contributed by atoms with E-state index in [1.54, 1.807) is 11.9 Å². The maximum absolute atomic E-state index is 12.9. The van der Waals surface area contributed by atoms with Crippen LogP contribution < -0.4 is 10.6 Å². The molecular weight excluding hydrogens is 511 g/mol. The largest absolute Gasteiger partial charge is 0.444 e. The van der Waals surface area contributed by atoms with E-state index in [9.17, 15) is 4.79 Å². The lowest BCUT2D eigenvalue weighted by atomic mass is 10.1. The monoisotopic (exact) mass is 554 g/mol. The fraction of sp³-hybridized carbons (Fsp3) is 0.905. The minimum atomic E-state index is -0.736. The Morgan fingerprint density at radius 1 is 1.19 bits per heavy atom. The first-order chi connectivity index (χ1) is 13.8. The van der Waals surface area contributed by atoms with Gasteiger partial charge in [0.1, 0.15) is 11.3 Å². The highest BCUT2D eigenvalue weighted by Crippen LogP contribution is 2.33. The maximum Gasteiger partial charge on any atom is 0.412 e. The Morgan fingerprint density at radius 2 is 1.81 bits per heavy atom. The molecule has 0 aliphatic carbocycles. The van der Waals surface area contributed by atoms with E-state index in [0.717, 1.165) is 32.1 Å². The van der Waals surface area contributed by atoms with Crippen molar-refractivity contribution in [3.05, 3.63) is 0 Å². The molecule has 0 aromatic heterocycles. The number of nitrogens with zero attached hydrogens (tertiary/aromatic N) is 4. The van der Waals surface area contributed by atoms with E-state index in [1.165, 1.54) is 0 Å². The van der Waals surface area contributed by atoms with Crippen molar-refractivity contribution in [2.24, 2.45) is 4.99 Å². The van der Waals surface area contributed by atoms with Gasteiger partial charge in [-0.3, -0.25) is 14.8 Å². The molecular formula is C21H43IN6O3. The van der Waals surface area contributed by atoms with Gasteiger partial charge in [-0.25, -0.2) is 4.79 Å². The topological polar surface area (TPSA) is 81.7 Å². The van der Waals surface area contributed by atoms with Crippen molar-refractivity contribution in [3.63, 3.8) is 0 Å². The van der Waals surface area contributed by atoms with Crippen LogP contribution in [0.3, 0.4) is 0 Å². The number of guanidine groups is 1. The highest BCUT2D eigenvalue weighted by atomic mass is 127. The molecule has 0 aromatic carbocycles. The summed E-state index contributed by atoms with van der Waals surface area (Å²) < 4.78 is 11.7. The number of piperazine rings is 1. The predicted octanol–water partition coefficient (Wildman–Crippen LogP) is 1.78. The van der Waals surface area contributed by atoms with Gasteiger partial charge >= 0.3 is 6.09 Å². The molecule has 2 saturated heterocycles. The molecule has 0 radical (unpaired) electrons. The Hall–Kier alpha value is -0.850. The third-order valence-electron chi connectivity index (χ3n) is 5.71. The lowest BCUT2D eigenvalue weighted by Crippen LogP contribution is -2.57. The van der Waals surface area contributed by atoms with Crippen LogP contribution in [0.25, 0.3) is 0 Å². The van der Waals surface area contributed by atoms with Gasteiger partial charge in [0.25, 0.3) is 0 Å². The zero-order chi connectivity index (χ0) is 22.7. The van der Waals surface area contributed by atoms with Crippen LogP contribution in [-0.2, 0) is 9.47 Å². The summed E-state index contributed by atoms with van der Waals surface area (Å²) in [6, 6.07) is 0.255. The number of hydrogen-bond acceptors (Lipinski definition) is 6. The summed E-state index contributed by atoms with van der Waals surface area (Å²) in [5.74, 6) is 0.720. The van der Waals surface area contributed by atoms with Crippen molar-refractivity contribution in [2.75, 3.05) is 53.9 Å². The first-order valence-corrected chi connectivity index (χ1v) is 10.9. The van der Waals surface area contributed by atoms with Crippen LogP contribution in [0.15, 0.2) is 4.99 Å². The number of halogens is 1. The minimum absolute atomic E-state index is 0. The molecule has 2 fully saturated rings. The Bertz CT molecular complexity index is 625. The summed E-state index contributed by atoms with van der Waals surface area (Å²) >= 11 is 0. The molecule has 31 heavy (non-hydrogen) atoms. The highest BCUT2D eigenvalue weighted by molar-refractivity contribution is 14.0. The summed E-state index contributed by atoms with van der Waals surface area (Å²) in [6.45, 7) is 15.9. The molecule has 3 atom stereocenters. The Kier molecular flexibility index (Phi) is 10.3. The molecule has 2 N–H and O–H groups in total. The molecule has 9 nitrogen and oxygen atoms in total. The molecule has 0 spiro atoms. The third-order valence-corrected chi connectivity index (χ3v) is 5.71. The Balaban J connectivity index is 0.00000480. The quantitative estimate of drug-likeness (QED) is 0.312. The Morgan fingerprint density at radius 3 is 2.39 bits per heavy atom. The number of aliphatic imine (C=N–C) groups is 1. The van der Waals surface area contributed by atoms with Gasteiger partial charge in [-0.2, -0.15) is 0 Å². The molecule has 10 heteroatoms. The smallest absolute Gasteiger partial charge is 0.412 e. The number of amides is 1. The van der Waals surface area contributed by atoms with Gasteiger partial charge in [0.2, 0.25) is 0 Å². The molecule has 182 valence electrons. The number of carbonyl (C=O) groups excluding carboxylic acids is 1. The van der Waals surface area contributed by atoms with Crippen LogP contribution in [0.4, 0.5) is 4.79 Å². The van der Waals surface area contributed by atoms with Gasteiger partial charge in [0.15, 0.2) is 5.96 Å². The van der Waals surface area contributed by atoms with E-state index in [0.29, 0.717) is 12.6 Å². The van der Waals surface area contributed by atoms with Crippen molar-refractivity contribution in [1.29, 1.82) is 0 Å². The van der Waals surface area contributed by atoms with Crippen LogP contribution in [0.5, 0.6) is 0 Å². The lowest BCUT2D eigenvalue weighted by molar-refractivity contribution is -0.0755. The van der Waals surface area contributed by atoms with E-state index < -0.39 is 11.3 Å². The van der Waals surface area contributed by atoms with Gasteiger partial charge in [0, 0.05) is 45.8 Å². The van der Waals surface area contributed by atoms with Crippen LogP contribution >= 0.6 is 24.0 Å². The van der Waals surface area contributed by atoms with E-state index in [4.69, 9.17) is 9.47 Å². The van der Waals surface area contributed by atoms with E-state index >= 15 is 0 Å². The minimum Gasteiger partial charge on any atom is -0.444 e. The second-order valence-electron chi connectivity index (χ2n) is 9.92. The maximum atomic E-state index is 12.9. The van der Waals surface area contributed by atoms with E-state index in [-0.39, 0.29) is 42.2 Å². The first-order valence-electron chi connectivity index (χ1n) is 10.9. The lowest BCUT2D eigenvalue weighted by Gasteiger charge is -2.38. The van der Waals surface area contributed by atoms with Gasteiger partial charge in [-0.15, -0.1) is 24.0 Å². The van der Waals surface area contributed by atoms with Crippen LogP contribution in [0, 0.1) is 0 Å². The van der Waals surface area contributed by atoms with Crippen molar-refractivity contribution in [2.45, 2.75) is 71.1 Å². The SMILES string of the molecule is CN=C(NCC1CN(C)CCN1C)NCC1C(C)OC(C)(C)N1C(=O)OC(C)(C)C.I. The average Bonchev–Trinajstić information content (AvgIpc) is 2.84. The van der Waals surface area contributed by atoms with Gasteiger partial charge in [-0.05, 0) is 55.6 Å². The second kappa shape index (κ2) is 11.3. The fourth-order valence-electron chi connectivity index (χ4n) is 4.08. The van der Waals surface area contributed by atoms with Gasteiger partial charge < -0.3 is 25.0 Å². The van der Waals surface area contributed by atoms with E-state index in [1.807, 2.05) is 41.5 Å². The normalized spacial score (nSPS) is 27.6. The summed E-state index contributed by atoms with van der Waals surface area (Å²) in [7, 11) is 6.08. The molecule has 2 aliphatic rings. The van der Waals surface area contributed by atoms with Crippen molar-refractivity contribution in [1.82, 2.24) is 25.3 Å². The number of rotatable bonds is 4. The number of ether oxygens (including phenoxy) is 2. The molecule has 2 aliphatic heterocycles. The summed E-state index contributed by atoms with van der Waals surface area (Å²) in [4.78, 5) is 23.7. The molecule has 3 unspecified atom stereocenters. The molecule has 0 aromatic rings. The standard InChI is InChI=1S/C21H42N6O3.HI/c1-15-17(27(21(5,6)29-15)19(28)30-20(2,3)4)13-24-18(22-7)23-12-16-14-25(8)10-11-26(16)9;/h15-17H,10-14H2,1-9H3,(H2,22,23,24);1H. The molecule has 2 heterocycles. The zero-order valence-corrected chi connectivity index (χ0v) is 23.0. The molecule has 2 rings (SSSR count). The highest BCUT2D eigenvalue weighted by Gasteiger charge is 2.49. The summed E-state index contributed by atoms with van der Waals surface area (Å²) in [6.07, 6.45) is -0.491. The molecule has 0 saturated carbocycles. The number of carbonyl (C=O) groups is 1.